The third-order valence-electron chi connectivity index (χ3n) is 2.33. The van der Waals surface area contributed by atoms with E-state index in [2.05, 4.69) is 6.92 Å². The Labute approximate surface area is 97.5 Å². The molecule has 5 nitrogen and oxygen atoms in total. The summed E-state index contributed by atoms with van der Waals surface area (Å²) in [5.74, 6) is -0.326. The van der Waals surface area contributed by atoms with Gasteiger partial charge >= 0.3 is 0 Å². The van der Waals surface area contributed by atoms with E-state index in [0.29, 0.717) is 13.0 Å². The second-order valence-corrected chi connectivity index (χ2v) is 4.04. The molecule has 0 rings (SSSR count). The zero-order valence-corrected chi connectivity index (χ0v) is 10.5. The van der Waals surface area contributed by atoms with Crippen LogP contribution in [0, 0.1) is 0 Å². The number of amides is 2. The number of carbonyl (C=O) groups excluding carboxylic acids is 2. The Morgan fingerprint density at radius 3 is 2.19 bits per heavy atom. The number of unbranched alkanes of at least 4 members (excludes halogenated alkanes) is 2. The maximum atomic E-state index is 11.8. The van der Waals surface area contributed by atoms with Crippen LogP contribution in [0.2, 0.25) is 0 Å². The Kier molecular flexibility index (Phi) is 7.54. The fourth-order valence-electron chi connectivity index (χ4n) is 1.42. The predicted molar refractivity (Wildman–Crippen MR) is 63.4 cm³/mol. The van der Waals surface area contributed by atoms with Crippen LogP contribution < -0.4 is 5.73 Å². The Morgan fingerprint density at radius 1 is 1.12 bits per heavy atom. The van der Waals surface area contributed by atoms with Crippen molar-refractivity contribution in [2.24, 2.45) is 5.73 Å². The highest BCUT2D eigenvalue weighted by Crippen LogP contribution is 2.05. The molecule has 2 amide bonds. The minimum Gasteiger partial charge on any atom is -0.370 e. The lowest BCUT2D eigenvalue weighted by atomic mass is 10.2. The van der Waals surface area contributed by atoms with Crippen LogP contribution in [0.1, 0.15) is 39.0 Å². The molecule has 0 bridgehead atoms. The largest absolute Gasteiger partial charge is 0.370 e. The van der Waals surface area contributed by atoms with Gasteiger partial charge in [0.05, 0.1) is 0 Å². The van der Waals surface area contributed by atoms with Gasteiger partial charge in [-0.05, 0) is 6.42 Å². The van der Waals surface area contributed by atoms with Crippen LogP contribution in [0.5, 0.6) is 0 Å². The molecule has 94 valence electrons. The number of nitrogens with two attached hydrogens (primary N) is 1. The zero-order valence-electron chi connectivity index (χ0n) is 10.5. The van der Waals surface area contributed by atoms with Gasteiger partial charge < -0.3 is 5.73 Å². The summed E-state index contributed by atoms with van der Waals surface area (Å²) < 4.78 is 0. The first-order chi connectivity index (χ1) is 7.49. The molecule has 0 spiro atoms. The van der Waals surface area contributed by atoms with E-state index in [4.69, 9.17) is 5.73 Å². The van der Waals surface area contributed by atoms with Crippen molar-refractivity contribution in [1.29, 1.82) is 0 Å². The number of rotatable bonds is 8. The Balaban J connectivity index is 4.08. The van der Waals surface area contributed by atoms with Crippen LogP contribution in [0.4, 0.5) is 0 Å². The molecule has 0 saturated heterocycles. The molecule has 0 unspecified atom stereocenters. The number of hydrogen-bond donors (Lipinski definition) is 1. The van der Waals surface area contributed by atoms with Crippen molar-refractivity contribution >= 4 is 11.8 Å². The van der Waals surface area contributed by atoms with Crippen molar-refractivity contribution in [3.8, 4) is 0 Å². The van der Waals surface area contributed by atoms with Gasteiger partial charge in [-0.25, -0.2) is 5.01 Å². The summed E-state index contributed by atoms with van der Waals surface area (Å²) in [4.78, 5) is 22.5. The Bertz CT molecular complexity index is 229. The maximum Gasteiger partial charge on any atom is 0.236 e. The topological polar surface area (TPSA) is 66.6 Å². The van der Waals surface area contributed by atoms with Gasteiger partial charge in [-0.2, -0.15) is 0 Å². The molecule has 5 heteroatoms. The van der Waals surface area contributed by atoms with Gasteiger partial charge in [0.25, 0.3) is 0 Å². The van der Waals surface area contributed by atoms with Crippen LogP contribution in [0.25, 0.3) is 0 Å². The van der Waals surface area contributed by atoms with Gasteiger partial charge in [-0.1, -0.05) is 19.8 Å². The molecule has 0 aliphatic heterocycles. The fraction of sp³-hybridized carbons (Fsp3) is 0.818. The number of primary amides is 1. The lowest BCUT2D eigenvalue weighted by Gasteiger charge is -2.28. The number of carbonyl (C=O) groups is 2. The van der Waals surface area contributed by atoms with Crippen LogP contribution in [0.3, 0.4) is 0 Å². The molecule has 0 radical (unpaired) electrons. The standard InChI is InChI=1S/C11H23N3O2/c1-4-5-6-7-11(16)14(13(2)3)9-8-10(12)15/h4-9H2,1-3H3,(H2,12,15). The molecule has 0 saturated carbocycles. The average Bonchev–Trinajstić information content (AvgIpc) is 2.17. The van der Waals surface area contributed by atoms with E-state index < -0.39 is 0 Å². The highest BCUT2D eigenvalue weighted by Gasteiger charge is 2.15. The summed E-state index contributed by atoms with van der Waals surface area (Å²) in [6, 6.07) is 0. The molecule has 2 N–H and O–H groups in total. The van der Waals surface area contributed by atoms with Crippen molar-refractivity contribution in [1.82, 2.24) is 10.0 Å². The molecule has 0 aromatic carbocycles. The van der Waals surface area contributed by atoms with Gasteiger partial charge in [0.1, 0.15) is 0 Å². The summed E-state index contributed by atoms with van der Waals surface area (Å²) in [5, 5.41) is 3.28. The van der Waals surface area contributed by atoms with Gasteiger partial charge in [-0.3, -0.25) is 14.6 Å². The van der Waals surface area contributed by atoms with Crippen LogP contribution in [0.15, 0.2) is 0 Å². The van der Waals surface area contributed by atoms with Crippen molar-refractivity contribution in [2.45, 2.75) is 39.0 Å². The zero-order chi connectivity index (χ0) is 12.6. The number of hydrazine groups is 1. The fourth-order valence-corrected chi connectivity index (χ4v) is 1.42. The lowest BCUT2D eigenvalue weighted by molar-refractivity contribution is -0.145. The monoisotopic (exact) mass is 229 g/mol. The second-order valence-electron chi connectivity index (χ2n) is 4.04. The van der Waals surface area contributed by atoms with Gasteiger partial charge in [0.15, 0.2) is 0 Å². The highest BCUT2D eigenvalue weighted by atomic mass is 16.2. The van der Waals surface area contributed by atoms with Crippen molar-refractivity contribution < 1.29 is 9.59 Å². The first kappa shape index (κ1) is 14.9. The Morgan fingerprint density at radius 2 is 1.75 bits per heavy atom. The SMILES string of the molecule is CCCCCC(=O)N(CCC(N)=O)N(C)C. The summed E-state index contributed by atoms with van der Waals surface area (Å²) in [5.41, 5.74) is 5.07. The first-order valence-electron chi connectivity index (χ1n) is 5.75. The molecule has 0 atom stereocenters. The number of hydrogen-bond acceptors (Lipinski definition) is 3. The van der Waals surface area contributed by atoms with Crippen molar-refractivity contribution in [2.75, 3.05) is 20.6 Å². The van der Waals surface area contributed by atoms with Crippen LogP contribution in [-0.4, -0.2) is 42.5 Å². The highest BCUT2D eigenvalue weighted by molar-refractivity contribution is 5.77. The summed E-state index contributed by atoms with van der Waals surface area (Å²) in [6.45, 7) is 2.47. The lowest BCUT2D eigenvalue weighted by Crippen LogP contribution is -2.43. The van der Waals surface area contributed by atoms with Gasteiger partial charge in [0, 0.05) is 33.5 Å². The van der Waals surface area contributed by atoms with Crippen molar-refractivity contribution in [3.05, 3.63) is 0 Å². The van der Waals surface area contributed by atoms with E-state index in [-0.39, 0.29) is 18.2 Å². The van der Waals surface area contributed by atoms with E-state index >= 15 is 0 Å². The Hall–Kier alpha value is -1.10. The van der Waals surface area contributed by atoms with Gasteiger partial charge in [0.2, 0.25) is 11.8 Å². The first-order valence-corrected chi connectivity index (χ1v) is 5.75. The van der Waals surface area contributed by atoms with Gasteiger partial charge in [-0.15, -0.1) is 0 Å². The minimum absolute atomic E-state index is 0.0553. The molecule has 0 heterocycles. The summed E-state index contributed by atoms with van der Waals surface area (Å²) in [6.07, 6.45) is 3.79. The molecule has 16 heavy (non-hydrogen) atoms. The molecular weight excluding hydrogens is 206 g/mol. The maximum absolute atomic E-state index is 11.8. The summed E-state index contributed by atoms with van der Waals surface area (Å²) >= 11 is 0. The van der Waals surface area contributed by atoms with Crippen LogP contribution in [-0.2, 0) is 9.59 Å². The minimum atomic E-state index is -0.381. The van der Waals surface area contributed by atoms with E-state index in [1.165, 1.54) is 0 Å². The third kappa shape index (κ3) is 6.40. The molecule has 0 aliphatic rings. The quantitative estimate of drug-likeness (QED) is 0.493. The van der Waals surface area contributed by atoms with E-state index in [1.54, 1.807) is 24.1 Å². The number of nitrogens with zero attached hydrogens (tertiary/aromatic N) is 2. The molecular formula is C11H23N3O2. The van der Waals surface area contributed by atoms with E-state index in [1.807, 2.05) is 0 Å². The molecule has 0 aliphatic carbocycles. The molecule has 0 aromatic heterocycles. The van der Waals surface area contributed by atoms with E-state index in [0.717, 1.165) is 19.3 Å². The molecule has 0 aromatic rings. The van der Waals surface area contributed by atoms with E-state index in [9.17, 15) is 9.59 Å². The van der Waals surface area contributed by atoms with Crippen LogP contribution >= 0.6 is 0 Å². The normalized spacial score (nSPS) is 10.5. The average molecular weight is 229 g/mol. The smallest absolute Gasteiger partial charge is 0.236 e. The van der Waals surface area contributed by atoms with Crippen molar-refractivity contribution in [3.63, 3.8) is 0 Å². The summed E-state index contributed by atoms with van der Waals surface area (Å²) in [7, 11) is 3.58. The third-order valence-corrected chi connectivity index (χ3v) is 2.33. The second kappa shape index (κ2) is 8.10. The molecule has 0 fully saturated rings. The predicted octanol–water partition coefficient (Wildman–Crippen LogP) is 0.747.